The second-order valence-corrected chi connectivity index (χ2v) is 6.02. The Morgan fingerprint density at radius 1 is 1.41 bits per heavy atom. The fraction of sp³-hybridized carbons (Fsp3) is 0.615. The normalized spacial score (nSPS) is 23.8. The van der Waals surface area contributed by atoms with E-state index >= 15 is 0 Å². The van der Waals surface area contributed by atoms with E-state index in [0.717, 1.165) is 37.9 Å². The summed E-state index contributed by atoms with van der Waals surface area (Å²) in [7, 11) is 0. The van der Waals surface area contributed by atoms with Gasteiger partial charge in [0.1, 0.15) is 0 Å². The molecule has 0 aromatic carbocycles. The van der Waals surface area contributed by atoms with E-state index in [1.165, 1.54) is 23.3 Å². The minimum atomic E-state index is 0.174. The van der Waals surface area contributed by atoms with Crippen LogP contribution in [0.1, 0.15) is 40.1 Å². The highest BCUT2D eigenvalue weighted by atomic mass is 32.1. The van der Waals surface area contributed by atoms with E-state index in [-0.39, 0.29) is 11.9 Å². The zero-order valence-electron chi connectivity index (χ0n) is 9.95. The van der Waals surface area contributed by atoms with Gasteiger partial charge in [0, 0.05) is 29.4 Å². The number of amides is 1. The number of nitrogens with zero attached hydrogens (tertiary/aromatic N) is 1. The first-order valence-electron chi connectivity index (χ1n) is 6.40. The molecule has 1 aliphatic heterocycles. The number of carbonyl (C=O) groups is 1. The molecule has 1 aromatic rings. The number of thiophene rings is 1. The average Bonchev–Trinajstić information content (AvgIpc) is 2.94. The van der Waals surface area contributed by atoms with E-state index in [1.54, 1.807) is 11.3 Å². The number of aryl methyl sites for hydroxylation is 1. The molecule has 2 N–H and O–H groups in total. The maximum atomic E-state index is 12.4. The molecule has 1 aromatic heterocycles. The lowest BCUT2D eigenvalue weighted by Crippen LogP contribution is -2.32. The summed E-state index contributed by atoms with van der Waals surface area (Å²) in [6, 6.07) is 0.174. The lowest BCUT2D eigenvalue weighted by molar-refractivity contribution is 0.0790. The SMILES string of the molecule is N[C@@H]1CCN(C(=O)c2csc3c2CCCC3)C1. The molecule has 0 saturated carbocycles. The van der Waals surface area contributed by atoms with Gasteiger partial charge in [-0.1, -0.05) is 0 Å². The third kappa shape index (κ3) is 2.00. The largest absolute Gasteiger partial charge is 0.337 e. The Morgan fingerprint density at radius 2 is 2.24 bits per heavy atom. The van der Waals surface area contributed by atoms with Gasteiger partial charge < -0.3 is 10.6 Å². The zero-order valence-corrected chi connectivity index (χ0v) is 10.8. The smallest absolute Gasteiger partial charge is 0.255 e. The number of likely N-dealkylation sites (tertiary alicyclic amines) is 1. The van der Waals surface area contributed by atoms with Crippen LogP contribution in [0.2, 0.25) is 0 Å². The highest BCUT2D eigenvalue weighted by molar-refractivity contribution is 7.10. The molecule has 0 unspecified atom stereocenters. The average molecular weight is 250 g/mol. The number of rotatable bonds is 1. The van der Waals surface area contributed by atoms with E-state index in [2.05, 4.69) is 5.38 Å². The maximum absolute atomic E-state index is 12.4. The van der Waals surface area contributed by atoms with Crippen molar-refractivity contribution in [3.05, 3.63) is 21.4 Å². The fourth-order valence-electron chi connectivity index (χ4n) is 2.82. The molecule has 92 valence electrons. The van der Waals surface area contributed by atoms with Crippen molar-refractivity contribution in [3.63, 3.8) is 0 Å². The van der Waals surface area contributed by atoms with Crippen molar-refractivity contribution in [1.29, 1.82) is 0 Å². The molecular weight excluding hydrogens is 232 g/mol. The molecule has 1 fully saturated rings. The Kier molecular flexibility index (Phi) is 2.92. The van der Waals surface area contributed by atoms with Gasteiger partial charge in [0.25, 0.3) is 5.91 Å². The van der Waals surface area contributed by atoms with Crippen molar-refractivity contribution >= 4 is 17.2 Å². The summed E-state index contributed by atoms with van der Waals surface area (Å²) in [5, 5.41) is 2.06. The molecule has 3 rings (SSSR count). The Hall–Kier alpha value is -0.870. The summed E-state index contributed by atoms with van der Waals surface area (Å²) in [4.78, 5) is 15.8. The highest BCUT2D eigenvalue weighted by Gasteiger charge is 2.28. The third-order valence-electron chi connectivity index (χ3n) is 3.80. The van der Waals surface area contributed by atoms with Crippen molar-refractivity contribution in [2.75, 3.05) is 13.1 Å². The van der Waals surface area contributed by atoms with Gasteiger partial charge in [-0.25, -0.2) is 0 Å². The Bertz CT molecular complexity index is 441. The van der Waals surface area contributed by atoms with Crippen LogP contribution in [-0.2, 0) is 12.8 Å². The minimum Gasteiger partial charge on any atom is -0.337 e. The maximum Gasteiger partial charge on any atom is 0.255 e. The van der Waals surface area contributed by atoms with Crippen molar-refractivity contribution in [2.45, 2.75) is 38.1 Å². The van der Waals surface area contributed by atoms with Crippen molar-refractivity contribution < 1.29 is 4.79 Å². The van der Waals surface area contributed by atoms with Crippen molar-refractivity contribution in [1.82, 2.24) is 4.90 Å². The van der Waals surface area contributed by atoms with Gasteiger partial charge in [-0.05, 0) is 37.7 Å². The molecule has 1 atom stereocenters. The second kappa shape index (κ2) is 4.42. The predicted molar refractivity (Wildman–Crippen MR) is 69.5 cm³/mol. The van der Waals surface area contributed by atoms with Crippen LogP contribution in [0.25, 0.3) is 0 Å². The third-order valence-corrected chi connectivity index (χ3v) is 4.89. The summed E-state index contributed by atoms with van der Waals surface area (Å²) in [5.41, 5.74) is 8.15. The number of hydrogen-bond donors (Lipinski definition) is 1. The number of carbonyl (C=O) groups excluding carboxylic acids is 1. The summed E-state index contributed by atoms with van der Waals surface area (Å²) in [5.74, 6) is 0.206. The fourth-order valence-corrected chi connectivity index (χ4v) is 3.94. The van der Waals surface area contributed by atoms with Gasteiger partial charge >= 0.3 is 0 Å². The van der Waals surface area contributed by atoms with Crippen LogP contribution in [0.4, 0.5) is 0 Å². The molecule has 2 aliphatic rings. The van der Waals surface area contributed by atoms with Gasteiger partial charge in [0.15, 0.2) is 0 Å². The molecular formula is C13H18N2OS. The van der Waals surface area contributed by atoms with Gasteiger partial charge in [-0.3, -0.25) is 4.79 Å². The van der Waals surface area contributed by atoms with Gasteiger partial charge in [-0.2, -0.15) is 0 Å². The Balaban J connectivity index is 1.84. The first-order chi connectivity index (χ1) is 8.25. The lowest BCUT2D eigenvalue weighted by Gasteiger charge is -2.18. The van der Waals surface area contributed by atoms with Crippen LogP contribution >= 0.6 is 11.3 Å². The zero-order chi connectivity index (χ0) is 11.8. The number of nitrogens with two attached hydrogens (primary N) is 1. The van der Waals surface area contributed by atoms with Crippen LogP contribution in [0.3, 0.4) is 0 Å². The van der Waals surface area contributed by atoms with Gasteiger partial charge in [0.2, 0.25) is 0 Å². The Labute approximate surface area is 106 Å². The molecule has 0 spiro atoms. The van der Waals surface area contributed by atoms with Crippen LogP contribution < -0.4 is 5.73 Å². The molecule has 1 aliphatic carbocycles. The van der Waals surface area contributed by atoms with Crippen molar-refractivity contribution in [3.8, 4) is 0 Å². The molecule has 1 amide bonds. The summed E-state index contributed by atoms with van der Waals surface area (Å²) < 4.78 is 0. The van der Waals surface area contributed by atoms with E-state index in [4.69, 9.17) is 5.73 Å². The number of fused-ring (bicyclic) bond motifs is 1. The first-order valence-corrected chi connectivity index (χ1v) is 7.28. The minimum absolute atomic E-state index is 0.174. The molecule has 4 heteroatoms. The lowest BCUT2D eigenvalue weighted by atomic mass is 9.95. The summed E-state index contributed by atoms with van der Waals surface area (Å²) in [6.45, 7) is 1.55. The molecule has 0 bridgehead atoms. The molecule has 3 nitrogen and oxygen atoms in total. The second-order valence-electron chi connectivity index (χ2n) is 5.06. The van der Waals surface area contributed by atoms with E-state index in [9.17, 15) is 4.79 Å². The predicted octanol–water partition coefficient (Wildman–Crippen LogP) is 1.80. The van der Waals surface area contributed by atoms with Crippen LogP contribution in [0, 0.1) is 0 Å². The standard InChI is InChI=1S/C13H18N2OS/c14-9-5-6-15(7-9)13(16)11-8-17-12-4-2-1-3-10(11)12/h8-9H,1-7,14H2/t9-/m1/s1. The van der Waals surface area contributed by atoms with Crippen molar-refractivity contribution in [2.24, 2.45) is 5.73 Å². The molecule has 0 radical (unpaired) electrons. The van der Waals surface area contributed by atoms with Gasteiger partial charge in [-0.15, -0.1) is 11.3 Å². The Morgan fingerprint density at radius 3 is 3.00 bits per heavy atom. The number of hydrogen-bond acceptors (Lipinski definition) is 3. The van der Waals surface area contributed by atoms with E-state index in [0.29, 0.717) is 0 Å². The summed E-state index contributed by atoms with van der Waals surface area (Å²) in [6.07, 6.45) is 5.68. The van der Waals surface area contributed by atoms with Crippen LogP contribution in [0.15, 0.2) is 5.38 Å². The topological polar surface area (TPSA) is 46.3 Å². The van der Waals surface area contributed by atoms with Gasteiger partial charge in [0.05, 0.1) is 5.56 Å². The van der Waals surface area contributed by atoms with E-state index in [1.807, 2.05) is 4.90 Å². The van der Waals surface area contributed by atoms with Crippen LogP contribution in [-0.4, -0.2) is 29.9 Å². The monoisotopic (exact) mass is 250 g/mol. The first kappa shape index (κ1) is 11.2. The van der Waals surface area contributed by atoms with E-state index < -0.39 is 0 Å². The highest BCUT2D eigenvalue weighted by Crippen LogP contribution is 2.31. The van der Waals surface area contributed by atoms with Crippen LogP contribution in [0.5, 0.6) is 0 Å². The molecule has 1 saturated heterocycles. The summed E-state index contributed by atoms with van der Waals surface area (Å²) >= 11 is 1.76. The quantitative estimate of drug-likeness (QED) is 0.826. The molecule has 2 heterocycles. The molecule has 17 heavy (non-hydrogen) atoms.